The Kier molecular flexibility index (Phi) is 6.03. The minimum Gasteiger partial charge on any atom is -0.345 e. The lowest BCUT2D eigenvalue weighted by molar-refractivity contribution is 0.0680. The number of rotatable bonds is 3. The average Bonchev–Trinajstić information content (AvgIpc) is 3.12. The third-order valence-electron chi connectivity index (χ3n) is 6.97. The highest BCUT2D eigenvalue weighted by Crippen LogP contribution is 2.34. The van der Waals surface area contributed by atoms with Crippen LogP contribution in [-0.2, 0) is 0 Å². The summed E-state index contributed by atoms with van der Waals surface area (Å²) in [5, 5.41) is 3.68. The third kappa shape index (κ3) is 3.55. The summed E-state index contributed by atoms with van der Waals surface area (Å²) in [4.78, 5) is 15.3. The number of aryl methyl sites for hydroxylation is 1. The first kappa shape index (κ1) is 19.8. The second-order valence-corrected chi connectivity index (χ2v) is 8.63. The molecule has 4 nitrogen and oxygen atoms in total. The first-order chi connectivity index (χ1) is 12.0. The Labute approximate surface area is 164 Å². The van der Waals surface area contributed by atoms with Crippen LogP contribution in [0.1, 0.15) is 85.6 Å². The molecular weight excluding hydrogens is 346 g/mol. The smallest absolute Gasteiger partial charge is 0.255 e. The molecule has 2 atom stereocenters. The van der Waals surface area contributed by atoms with Crippen molar-refractivity contribution in [2.75, 3.05) is 7.05 Å². The van der Waals surface area contributed by atoms with E-state index in [1.807, 2.05) is 11.9 Å². The van der Waals surface area contributed by atoms with Crippen molar-refractivity contribution in [3.63, 3.8) is 0 Å². The van der Waals surface area contributed by atoms with Gasteiger partial charge in [-0.25, -0.2) is 0 Å². The van der Waals surface area contributed by atoms with Crippen LogP contribution in [0.3, 0.4) is 0 Å². The van der Waals surface area contributed by atoms with Gasteiger partial charge in [0, 0.05) is 42.6 Å². The molecule has 2 saturated heterocycles. The van der Waals surface area contributed by atoms with Crippen molar-refractivity contribution in [1.82, 2.24) is 14.8 Å². The second-order valence-electron chi connectivity index (χ2n) is 8.63. The number of piperidine rings is 1. The van der Waals surface area contributed by atoms with Gasteiger partial charge in [0.2, 0.25) is 0 Å². The summed E-state index contributed by atoms with van der Waals surface area (Å²) in [5.74, 6) is 0.224. The molecular formula is C21H34ClN3O. The first-order valence-corrected chi connectivity index (χ1v) is 10.3. The Morgan fingerprint density at radius 1 is 1.08 bits per heavy atom. The van der Waals surface area contributed by atoms with Crippen LogP contribution in [0, 0.1) is 13.8 Å². The normalized spacial score (nSPS) is 28.7. The largest absolute Gasteiger partial charge is 0.345 e. The molecule has 3 fully saturated rings. The van der Waals surface area contributed by atoms with Gasteiger partial charge in [-0.2, -0.15) is 0 Å². The topological polar surface area (TPSA) is 37.3 Å². The zero-order chi connectivity index (χ0) is 17.6. The number of carbonyl (C=O) groups excluding carboxylic acids is 1. The number of hydrogen-bond acceptors (Lipinski definition) is 2. The molecule has 2 aliphatic heterocycles. The lowest BCUT2D eigenvalue weighted by Gasteiger charge is -2.35. The van der Waals surface area contributed by atoms with E-state index in [1.165, 1.54) is 56.3 Å². The predicted molar refractivity (Wildman–Crippen MR) is 108 cm³/mol. The molecule has 1 amide bonds. The SMILES string of the molecule is Cc1cc(C(=O)N(C)C2CC3CCC(C2)N3)c(C)n1C1CCCCC1.Cl. The van der Waals surface area contributed by atoms with Crippen molar-refractivity contribution >= 4 is 18.3 Å². The summed E-state index contributed by atoms with van der Waals surface area (Å²) in [6.07, 6.45) is 11.3. The fourth-order valence-electron chi connectivity index (χ4n) is 5.59. The molecule has 2 bridgehead atoms. The van der Waals surface area contributed by atoms with Crippen LogP contribution in [0.2, 0.25) is 0 Å². The van der Waals surface area contributed by atoms with Gasteiger partial charge in [0.05, 0.1) is 5.56 Å². The van der Waals surface area contributed by atoms with Crippen LogP contribution in [-0.4, -0.2) is 40.5 Å². The Morgan fingerprint density at radius 2 is 1.69 bits per heavy atom. The molecule has 0 aromatic carbocycles. The molecule has 3 heterocycles. The summed E-state index contributed by atoms with van der Waals surface area (Å²) in [6.45, 7) is 4.32. The zero-order valence-electron chi connectivity index (χ0n) is 16.5. The predicted octanol–water partition coefficient (Wildman–Crippen LogP) is 4.39. The zero-order valence-corrected chi connectivity index (χ0v) is 17.3. The van der Waals surface area contributed by atoms with E-state index in [9.17, 15) is 4.79 Å². The number of nitrogens with zero attached hydrogens (tertiary/aromatic N) is 2. The van der Waals surface area contributed by atoms with Crippen molar-refractivity contribution in [3.8, 4) is 0 Å². The summed E-state index contributed by atoms with van der Waals surface area (Å²) in [6, 6.07) is 4.36. The van der Waals surface area contributed by atoms with Crippen LogP contribution < -0.4 is 5.32 Å². The number of nitrogens with one attached hydrogen (secondary N) is 1. The fourth-order valence-corrected chi connectivity index (χ4v) is 5.59. The van der Waals surface area contributed by atoms with Gasteiger partial charge < -0.3 is 14.8 Å². The molecule has 1 saturated carbocycles. The maximum atomic E-state index is 13.2. The highest BCUT2D eigenvalue weighted by molar-refractivity contribution is 5.95. The Morgan fingerprint density at radius 3 is 2.31 bits per heavy atom. The Bertz CT molecular complexity index is 638. The van der Waals surface area contributed by atoms with E-state index in [4.69, 9.17) is 0 Å². The number of carbonyl (C=O) groups is 1. The molecule has 0 spiro atoms. The van der Waals surface area contributed by atoms with E-state index in [1.54, 1.807) is 0 Å². The molecule has 3 aliphatic rings. The van der Waals surface area contributed by atoms with E-state index in [-0.39, 0.29) is 18.3 Å². The van der Waals surface area contributed by atoms with Crippen LogP contribution in [0.25, 0.3) is 0 Å². The van der Waals surface area contributed by atoms with Gasteiger partial charge >= 0.3 is 0 Å². The van der Waals surface area contributed by atoms with Crippen LogP contribution in [0.5, 0.6) is 0 Å². The van der Waals surface area contributed by atoms with Crippen molar-refractivity contribution in [1.29, 1.82) is 0 Å². The lowest BCUT2D eigenvalue weighted by Crippen LogP contribution is -2.48. The molecule has 146 valence electrons. The van der Waals surface area contributed by atoms with Crippen LogP contribution in [0.4, 0.5) is 0 Å². The second kappa shape index (κ2) is 7.93. The molecule has 2 unspecified atom stereocenters. The van der Waals surface area contributed by atoms with Crippen LogP contribution >= 0.6 is 12.4 Å². The molecule has 1 aliphatic carbocycles. The first-order valence-electron chi connectivity index (χ1n) is 10.3. The average molecular weight is 380 g/mol. The quantitative estimate of drug-likeness (QED) is 0.845. The highest BCUT2D eigenvalue weighted by atomic mass is 35.5. The van der Waals surface area contributed by atoms with Gasteiger partial charge in [0.25, 0.3) is 5.91 Å². The molecule has 1 N–H and O–H groups in total. The molecule has 26 heavy (non-hydrogen) atoms. The number of amides is 1. The molecule has 4 rings (SSSR count). The summed E-state index contributed by atoms with van der Waals surface area (Å²) < 4.78 is 2.45. The summed E-state index contributed by atoms with van der Waals surface area (Å²) in [7, 11) is 2.02. The molecule has 5 heteroatoms. The number of fused-ring (bicyclic) bond motifs is 2. The maximum Gasteiger partial charge on any atom is 0.255 e. The minimum absolute atomic E-state index is 0. The highest BCUT2D eigenvalue weighted by Gasteiger charge is 2.37. The van der Waals surface area contributed by atoms with Gasteiger partial charge in [0.1, 0.15) is 0 Å². The molecule has 0 radical (unpaired) electrons. The Hall–Kier alpha value is -1.000. The van der Waals surface area contributed by atoms with E-state index in [0.717, 1.165) is 18.4 Å². The summed E-state index contributed by atoms with van der Waals surface area (Å²) in [5.41, 5.74) is 3.36. The van der Waals surface area contributed by atoms with E-state index in [0.29, 0.717) is 24.2 Å². The van der Waals surface area contributed by atoms with Crippen molar-refractivity contribution < 1.29 is 4.79 Å². The number of halogens is 1. The monoisotopic (exact) mass is 379 g/mol. The lowest BCUT2D eigenvalue weighted by atomic mass is 9.95. The van der Waals surface area contributed by atoms with Crippen molar-refractivity contribution in [2.45, 2.75) is 95.8 Å². The third-order valence-corrected chi connectivity index (χ3v) is 6.97. The van der Waals surface area contributed by atoms with Gasteiger partial charge in [-0.1, -0.05) is 19.3 Å². The van der Waals surface area contributed by atoms with E-state index < -0.39 is 0 Å². The van der Waals surface area contributed by atoms with Crippen molar-refractivity contribution in [3.05, 3.63) is 23.0 Å². The van der Waals surface area contributed by atoms with Crippen LogP contribution in [0.15, 0.2) is 6.07 Å². The number of hydrogen-bond donors (Lipinski definition) is 1. The fraction of sp³-hybridized carbons (Fsp3) is 0.762. The maximum absolute atomic E-state index is 13.2. The standard InChI is InChI=1S/C21H33N3O.ClH/c1-14-11-20(15(2)24(14)18-7-5-4-6-8-18)21(25)23(3)19-12-16-9-10-17(13-19)22-16;/h11,16-19,22H,4-10,12-13H2,1-3H3;1H. The summed E-state index contributed by atoms with van der Waals surface area (Å²) >= 11 is 0. The van der Waals surface area contributed by atoms with Crippen molar-refractivity contribution in [2.24, 2.45) is 0 Å². The van der Waals surface area contributed by atoms with Gasteiger partial charge in [-0.15, -0.1) is 12.4 Å². The number of aromatic nitrogens is 1. The Balaban J connectivity index is 0.00000196. The van der Waals surface area contributed by atoms with Gasteiger partial charge in [-0.05, 0) is 58.4 Å². The van der Waals surface area contributed by atoms with Gasteiger partial charge in [-0.3, -0.25) is 4.79 Å². The van der Waals surface area contributed by atoms with E-state index >= 15 is 0 Å². The molecule has 1 aromatic rings. The molecule has 1 aromatic heterocycles. The minimum atomic E-state index is 0. The van der Waals surface area contributed by atoms with Gasteiger partial charge in [0.15, 0.2) is 0 Å². The van der Waals surface area contributed by atoms with E-state index in [2.05, 4.69) is 29.8 Å².